The van der Waals surface area contributed by atoms with Crippen LogP contribution in [0.3, 0.4) is 0 Å². The summed E-state index contributed by atoms with van der Waals surface area (Å²) in [6.45, 7) is 0.343. The van der Waals surface area contributed by atoms with E-state index in [-0.39, 0.29) is 35.5 Å². The normalized spacial score (nSPS) is 33.1. The maximum Gasteiger partial charge on any atom is 0.218 e. The van der Waals surface area contributed by atoms with Gasteiger partial charge in [0.1, 0.15) is 5.75 Å². The molecule has 6 atom stereocenters. The largest absolute Gasteiger partial charge is 0.497 e. The third-order valence-electron chi connectivity index (χ3n) is 6.80. The van der Waals surface area contributed by atoms with Crippen molar-refractivity contribution in [1.82, 2.24) is 0 Å². The van der Waals surface area contributed by atoms with Gasteiger partial charge < -0.3 is 19.1 Å². The van der Waals surface area contributed by atoms with Gasteiger partial charge in [0.25, 0.3) is 0 Å². The van der Waals surface area contributed by atoms with Crippen molar-refractivity contribution in [2.24, 2.45) is 11.8 Å². The minimum Gasteiger partial charge on any atom is -0.497 e. The molecule has 0 spiro atoms. The number of fused-ring (bicyclic) bond motifs is 8. The molecule has 0 unspecified atom stereocenters. The van der Waals surface area contributed by atoms with E-state index in [1.54, 1.807) is 31.4 Å². The van der Waals surface area contributed by atoms with E-state index in [4.69, 9.17) is 14.2 Å². The SMILES string of the molecule is COc1ccc(C(=O)[C@@H]2[C@@H]3[C@H](C(=O)[C@@H]4OC[C@@H]3O4)[C@H]3C=Cc4ccccc4N32)cc1. The lowest BCUT2D eigenvalue weighted by molar-refractivity contribution is -0.163. The molecule has 6 heteroatoms. The van der Waals surface area contributed by atoms with E-state index >= 15 is 0 Å². The zero-order valence-corrected chi connectivity index (χ0v) is 16.4. The molecule has 0 aromatic heterocycles. The Kier molecular flexibility index (Phi) is 3.88. The Morgan fingerprint density at radius 3 is 2.73 bits per heavy atom. The Morgan fingerprint density at radius 2 is 1.93 bits per heavy atom. The molecular formula is C24H21NO5. The van der Waals surface area contributed by atoms with E-state index in [9.17, 15) is 9.59 Å². The highest BCUT2D eigenvalue weighted by Gasteiger charge is 2.63. The van der Waals surface area contributed by atoms with E-state index in [0.717, 1.165) is 11.3 Å². The molecule has 0 N–H and O–H groups in total. The average Bonchev–Trinajstić information content (AvgIpc) is 3.38. The molecule has 0 radical (unpaired) electrons. The maximum absolute atomic E-state index is 13.8. The zero-order chi connectivity index (χ0) is 20.4. The number of methoxy groups -OCH3 is 1. The second-order valence-electron chi connectivity index (χ2n) is 8.20. The first kappa shape index (κ1) is 17.9. The maximum atomic E-state index is 13.8. The first-order valence-electron chi connectivity index (χ1n) is 10.2. The number of carbonyl (C=O) groups is 2. The van der Waals surface area contributed by atoms with E-state index in [0.29, 0.717) is 17.9 Å². The fourth-order valence-corrected chi connectivity index (χ4v) is 5.50. The number of hydrogen-bond acceptors (Lipinski definition) is 6. The minimum absolute atomic E-state index is 0.0120. The summed E-state index contributed by atoms with van der Waals surface area (Å²) in [4.78, 5) is 29.2. The van der Waals surface area contributed by atoms with E-state index in [2.05, 4.69) is 17.1 Å². The van der Waals surface area contributed by atoms with E-state index in [1.807, 2.05) is 24.3 Å². The fraction of sp³-hybridized carbons (Fsp3) is 0.333. The molecule has 2 bridgehead atoms. The van der Waals surface area contributed by atoms with Gasteiger partial charge >= 0.3 is 0 Å². The zero-order valence-electron chi connectivity index (χ0n) is 16.4. The molecule has 4 aliphatic rings. The number of rotatable bonds is 3. The molecule has 152 valence electrons. The fourth-order valence-electron chi connectivity index (χ4n) is 5.50. The molecule has 0 amide bonds. The smallest absolute Gasteiger partial charge is 0.218 e. The summed E-state index contributed by atoms with van der Waals surface area (Å²) in [6.07, 6.45) is 3.04. The number of hydrogen-bond donors (Lipinski definition) is 0. The van der Waals surface area contributed by atoms with Crippen LogP contribution in [0.25, 0.3) is 6.08 Å². The topological polar surface area (TPSA) is 65.1 Å². The van der Waals surface area contributed by atoms with E-state index in [1.165, 1.54) is 0 Å². The Bertz CT molecular complexity index is 1060. The molecule has 6 rings (SSSR count). The van der Waals surface area contributed by atoms with Gasteiger partial charge in [0, 0.05) is 17.2 Å². The van der Waals surface area contributed by atoms with Crippen molar-refractivity contribution in [2.45, 2.75) is 24.5 Å². The summed E-state index contributed by atoms with van der Waals surface area (Å²) >= 11 is 0. The van der Waals surface area contributed by atoms with Crippen LogP contribution in [0.4, 0.5) is 5.69 Å². The van der Waals surface area contributed by atoms with Gasteiger partial charge in [-0.1, -0.05) is 30.4 Å². The highest BCUT2D eigenvalue weighted by Crippen LogP contribution is 2.51. The quantitative estimate of drug-likeness (QED) is 0.735. The summed E-state index contributed by atoms with van der Waals surface area (Å²) in [5.74, 6) is 0.0442. The summed E-state index contributed by atoms with van der Waals surface area (Å²) < 4.78 is 16.7. The second kappa shape index (κ2) is 6.52. The van der Waals surface area contributed by atoms with Crippen molar-refractivity contribution in [3.63, 3.8) is 0 Å². The first-order valence-corrected chi connectivity index (χ1v) is 10.2. The van der Waals surface area contributed by atoms with Crippen LogP contribution in [-0.4, -0.2) is 49.8 Å². The highest BCUT2D eigenvalue weighted by atomic mass is 16.7. The van der Waals surface area contributed by atoms with Crippen molar-refractivity contribution < 1.29 is 23.8 Å². The molecule has 2 aromatic rings. The average molecular weight is 403 g/mol. The van der Waals surface area contributed by atoms with Crippen LogP contribution in [0.15, 0.2) is 54.6 Å². The van der Waals surface area contributed by atoms with Crippen LogP contribution in [0, 0.1) is 11.8 Å². The van der Waals surface area contributed by atoms with Gasteiger partial charge in [0.15, 0.2) is 11.6 Å². The Hall–Kier alpha value is -2.96. The summed E-state index contributed by atoms with van der Waals surface area (Å²) in [5.41, 5.74) is 2.63. The van der Waals surface area contributed by atoms with Gasteiger partial charge in [-0.3, -0.25) is 9.59 Å². The lowest BCUT2D eigenvalue weighted by Crippen LogP contribution is -2.48. The number of carbonyl (C=O) groups excluding carboxylic acids is 2. The van der Waals surface area contributed by atoms with E-state index < -0.39 is 12.3 Å². The van der Waals surface area contributed by atoms with Crippen LogP contribution in [0.2, 0.25) is 0 Å². The monoisotopic (exact) mass is 403 g/mol. The van der Waals surface area contributed by atoms with Crippen molar-refractivity contribution in [3.8, 4) is 5.75 Å². The molecule has 0 aliphatic carbocycles. The number of anilines is 1. The van der Waals surface area contributed by atoms with Crippen molar-refractivity contribution >= 4 is 23.3 Å². The molecule has 3 fully saturated rings. The first-order chi connectivity index (χ1) is 14.7. The molecule has 0 saturated carbocycles. The Morgan fingerprint density at radius 1 is 1.13 bits per heavy atom. The van der Waals surface area contributed by atoms with Gasteiger partial charge in [-0.2, -0.15) is 0 Å². The van der Waals surface area contributed by atoms with Crippen LogP contribution >= 0.6 is 0 Å². The molecule has 3 saturated heterocycles. The third kappa shape index (κ3) is 2.38. The lowest BCUT2D eigenvalue weighted by atomic mass is 9.77. The lowest BCUT2D eigenvalue weighted by Gasteiger charge is -2.35. The molecule has 4 heterocycles. The van der Waals surface area contributed by atoms with Gasteiger partial charge in [-0.25, -0.2) is 0 Å². The minimum atomic E-state index is -0.807. The number of ketones is 2. The van der Waals surface area contributed by atoms with Gasteiger partial charge in [-0.15, -0.1) is 0 Å². The van der Waals surface area contributed by atoms with Crippen LogP contribution in [0.1, 0.15) is 15.9 Å². The van der Waals surface area contributed by atoms with Crippen molar-refractivity contribution in [2.75, 3.05) is 18.6 Å². The predicted octanol–water partition coefficient (Wildman–Crippen LogP) is 2.72. The number of benzene rings is 2. The van der Waals surface area contributed by atoms with Crippen LogP contribution in [0.5, 0.6) is 5.75 Å². The van der Waals surface area contributed by atoms with Crippen LogP contribution < -0.4 is 9.64 Å². The van der Waals surface area contributed by atoms with Gasteiger partial charge in [-0.05, 0) is 35.9 Å². The predicted molar refractivity (Wildman–Crippen MR) is 109 cm³/mol. The molecule has 4 aliphatic heterocycles. The number of para-hydroxylation sites is 1. The summed E-state index contributed by atoms with van der Waals surface area (Å²) in [7, 11) is 1.60. The molecule has 2 aromatic carbocycles. The standard InChI is InChI=1S/C24H21NO5/c1-28-15-9-6-14(7-10-15)22(26)21-20-18-12-29-24(30-18)23(27)19(20)17-11-8-13-4-2-3-5-16(13)25(17)21/h2-11,17-21,24H,12H2,1H3/t17-,18+,19-,20+,21+,24-/m1/s1. The second-order valence-corrected chi connectivity index (χ2v) is 8.20. The van der Waals surface area contributed by atoms with Gasteiger partial charge in [0.05, 0.1) is 37.8 Å². The Balaban J connectivity index is 1.49. The molecule has 30 heavy (non-hydrogen) atoms. The highest BCUT2D eigenvalue weighted by molar-refractivity contribution is 6.05. The number of Topliss-reactive ketones (excluding diaryl/α,β-unsaturated/α-hetero) is 2. The van der Waals surface area contributed by atoms with Crippen LogP contribution in [-0.2, 0) is 14.3 Å². The molecule has 6 nitrogen and oxygen atoms in total. The number of nitrogens with zero attached hydrogens (tertiary/aromatic N) is 1. The van der Waals surface area contributed by atoms with Gasteiger partial charge in [0.2, 0.25) is 6.29 Å². The third-order valence-corrected chi connectivity index (χ3v) is 6.80. The van der Waals surface area contributed by atoms with Crippen molar-refractivity contribution in [1.29, 1.82) is 0 Å². The molecular weight excluding hydrogens is 382 g/mol. The number of ether oxygens (including phenoxy) is 3. The Labute approximate surface area is 174 Å². The summed E-state index contributed by atoms with van der Waals surface area (Å²) in [6, 6.07) is 14.5. The van der Waals surface area contributed by atoms with Crippen molar-refractivity contribution in [3.05, 3.63) is 65.7 Å². The summed E-state index contributed by atoms with van der Waals surface area (Å²) in [5, 5.41) is 0.